The SMILES string of the molecule is CCOc1cc(C(=O)NCCc2cc(OC)c(OC)cc2Br)cc(OCC)c1OCC. The number of nitrogens with one attached hydrogen (secondary N) is 1. The minimum atomic E-state index is -0.221. The van der Waals surface area contributed by atoms with Crippen molar-refractivity contribution in [3.63, 3.8) is 0 Å². The molecule has 2 rings (SSSR count). The van der Waals surface area contributed by atoms with Gasteiger partial charge in [0.25, 0.3) is 5.91 Å². The van der Waals surface area contributed by atoms with Crippen LogP contribution in [-0.2, 0) is 6.42 Å². The lowest BCUT2D eigenvalue weighted by Gasteiger charge is -2.17. The molecule has 7 nitrogen and oxygen atoms in total. The van der Waals surface area contributed by atoms with Gasteiger partial charge in [-0.15, -0.1) is 0 Å². The fourth-order valence-corrected chi connectivity index (χ4v) is 3.54. The smallest absolute Gasteiger partial charge is 0.251 e. The van der Waals surface area contributed by atoms with Gasteiger partial charge in [-0.1, -0.05) is 15.9 Å². The molecule has 0 aliphatic rings. The number of amides is 1. The molecule has 31 heavy (non-hydrogen) atoms. The summed E-state index contributed by atoms with van der Waals surface area (Å²) >= 11 is 3.54. The Kier molecular flexibility index (Phi) is 9.78. The number of halogens is 1. The van der Waals surface area contributed by atoms with Gasteiger partial charge in [0, 0.05) is 16.6 Å². The van der Waals surface area contributed by atoms with Gasteiger partial charge >= 0.3 is 0 Å². The quantitative estimate of drug-likeness (QED) is 0.462. The molecule has 0 aliphatic heterocycles. The van der Waals surface area contributed by atoms with E-state index < -0.39 is 0 Å². The van der Waals surface area contributed by atoms with Crippen LogP contribution in [0.5, 0.6) is 28.7 Å². The van der Waals surface area contributed by atoms with Gasteiger partial charge in [0.05, 0.1) is 34.0 Å². The summed E-state index contributed by atoms with van der Waals surface area (Å²) in [5, 5.41) is 2.95. The van der Waals surface area contributed by atoms with Crippen LogP contribution in [0.4, 0.5) is 0 Å². The lowest BCUT2D eigenvalue weighted by molar-refractivity contribution is 0.0953. The first-order valence-electron chi connectivity index (χ1n) is 10.2. The van der Waals surface area contributed by atoms with Crippen molar-refractivity contribution in [1.82, 2.24) is 5.32 Å². The van der Waals surface area contributed by atoms with Gasteiger partial charge in [-0.3, -0.25) is 4.79 Å². The van der Waals surface area contributed by atoms with Crippen LogP contribution in [0.3, 0.4) is 0 Å². The van der Waals surface area contributed by atoms with Crippen molar-refractivity contribution in [2.45, 2.75) is 27.2 Å². The largest absolute Gasteiger partial charge is 0.493 e. The molecule has 1 amide bonds. The maximum atomic E-state index is 12.8. The number of carbonyl (C=O) groups excluding carboxylic acids is 1. The Labute approximate surface area is 192 Å². The maximum Gasteiger partial charge on any atom is 0.251 e. The number of benzene rings is 2. The van der Waals surface area contributed by atoms with Crippen LogP contribution in [0, 0.1) is 0 Å². The topological polar surface area (TPSA) is 75.3 Å². The Bertz CT molecular complexity index is 860. The average Bonchev–Trinajstić information content (AvgIpc) is 2.76. The molecule has 8 heteroatoms. The summed E-state index contributed by atoms with van der Waals surface area (Å²) in [6, 6.07) is 7.11. The minimum absolute atomic E-state index is 0.221. The van der Waals surface area contributed by atoms with Gasteiger partial charge in [-0.2, -0.15) is 0 Å². The third-order valence-electron chi connectivity index (χ3n) is 4.40. The molecule has 0 spiro atoms. The minimum Gasteiger partial charge on any atom is -0.493 e. The second-order valence-corrected chi connectivity index (χ2v) is 7.26. The van der Waals surface area contributed by atoms with E-state index in [1.807, 2.05) is 32.9 Å². The highest BCUT2D eigenvalue weighted by Gasteiger charge is 2.18. The van der Waals surface area contributed by atoms with Crippen LogP contribution < -0.4 is 29.0 Å². The van der Waals surface area contributed by atoms with E-state index in [0.29, 0.717) is 67.1 Å². The fraction of sp³-hybridized carbons (Fsp3) is 0.435. The molecule has 2 aromatic carbocycles. The Balaban J connectivity index is 2.16. The molecule has 1 N–H and O–H groups in total. The Morgan fingerprint density at radius 3 is 1.90 bits per heavy atom. The zero-order chi connectivity index (χ0) is 22.8. The van der Waals surface area contributed by atoms with Gasteiger partial charge in [0.15, 0.2) is 23.0 Å². The molecule has 0 aliphatic carbocycles. The predicted molar refractivity (Wildman–Crippen MR) is 123 cm³/mol. The predicted octanol–water partition coefficient (Wildman–Crippen LogP) is 4.63. The van der Waals surface area contributed by atoms with Crippen molar-refractivity contribution >= 4 is 21.8 Å². The summed E-state index contributed by atoms with van der Waals surface area (Å²) in [5.41, 5.74) is 1.44. The number of hydrogen-bond donors (Lipinski definition) is 1. The van der Waals surface area contributed by atoms with Crippen LogP contribution >= 0.6 is 15.9 Å². The maximum absolute atomic E-state index is 12.8. The van der Waals surface area contributed by atoms with Crippen LogP contribution in [0.2, 0.25) is 0 Å². The summed E-state index contributed by atoms with van der Waals surface area (Å²) in [7, 11) is 3.18. The monoisotopic (exact) mass is 495 g/mol. The highest BCUT2D eigenvalue weighted by atomic mass is 79.9. The molecule has 0 bridgehead atoms. The lowest BCUT2D eigenvalue weighted by atomic mass is 10.1. The van der Waals surface area contributed by atoms with Gasteiger partial charge in [-0.25, -0.2) is 0 Å². The summed E-state index contributed by atoms with van der Waals surface area (Å²) in [6.45, 7) is 7.44. The van der Waals surface area contributed by atoms with Gasteiger partial charge < -0.3 is 29.0 Å². The van der Waals surface area contributed by atoms with Crippen molar-refractivity contribution < 1.29 is 28.5 Å². The molecule has 0 atom stereocenters. The zero-order valence-corrected chi connectivity index (χ0v) is 20.3. The van der Waals surface area contributed by atoms with Crippen molar-refractivity contribution in [2.24, 2.45) is 0 Å². The molecular formula is C23H30BrNO6. The Hall–Kier alpha value is -2.61. The van der Waals surface area contributed by atoms with Crippen molar-refractivity contribution in [2.75, 3.05) is 40.6 Å². The average molecular weight is 496 g/mol. The summed E-state index contributed by atoms with van der Waals surface area (Å²) in [4.78, 5) is 12.8. The number of methoxy groups -OCH3 is 2. The first kappa shape index (κ1) is 24.7. The number of rotatable bonds is 12. The van der Waals surface area contributed by atoms with Crippen molar-refractivity contribution in [3.8, 4) is 28.7 Å². The molecule has 0 radical (unpaired) electrons. The van der Waals surface area contributed by atoms with Crippen LogP contribution in [0.25, 0.3) is 0 Å². The van der Waals surface area contributed by atoms with Gasteiger partial charge in [0.2, 0.25) is 5.75 Å². The first-order valence-corrected chi connectivity index (χ1v) is 11.0. The summed E-state index contributed by atoms with van der Waals surface area (Å²) in [6.07, 6.45) is 0.611. The van der Waals surface area contributed by atoms with E-state index in [0.717, 1.165) is 10.0 Å². The second-order valence-electron chi connectivity index (χ2n) is 6.41. The van der Waals surface area contributed by atoms with Crippen LogP contribution in [0.15, 0.2) is 28.7 Å². The fourth-order valence-electron chi connectivity index (χ4n) is 3.02. The third-order valence-corrected chi connectivity index (χ3v) is 5.14. The van der Waals surface area contributed by atoms with Crippen LogP contribution in [0.1, 0.15) is 36.7 Å². The van der Waals surface area contributed by atoms with E-state index in [2.05, 4.69) is 21.2 Å². The summed E-state index contributed by atoms with van der Waals surface area (Å²) in [5.74, 6) is 2.55. The van der Waals surface area contributed by atoms with E-state index in [1.54, 1.807) is 26.4 Å². The van der Waals surface area contributed by atoms with Crippen molar-refractivity contribution in [3.05, 3.63) is 39.9 Å². The molecule has 2 aromatic rings. The lowest BCUT2D eigenvalue weighted by Crippen LogP contribution is -2.26. The van der Waals surface area contributed by atoms with Gasteiger partial charge in [-0.05, 0) is 57.0 Å². The van der Waals surface area contributed by atoms with E-state index in [9.17, 15) is 4.79 Å². The molecule has 170 valence electrons. The molecule has 0 heterocycles. The third kappa shape index (κ3) is 6.43. The summed E-state index contributed by atoms with van der Waals surface area (Å²) < 4.78 is 28.6. The molecule has 0 saturated heterocycles. The van der Waals surface area contributed by atoms with E-state index in [4.69, 9.17) is 23.7 Å². The van der Waals surface area contributed by atoms with E-state index in [1.165, 1.54) is 0 Å². The molecule has 0 saturated carbocycles. The molecular weight excluding hydrogens is 466 g/mol. The molecule has 0 fully saturated rings. The first-order chi connectivity index (χ1) is 15.0. The molecule has 0 aromatic heterocycles. The highest BCUT2D eigenvalue weighted by molar-refractivity contribution is 9.10. The van der Waals surface area contributed by atoms with Gasteiger partial charge in [0.1, 0.15) is 0 Å². The standard InChI is InChI=1S/C23H30BrNO6/c1-6-29-20-12-16(13-21(30-7-2)22(20)31-8-3)23(26)25-10-9-15-11-18(27-4)19(28-5)14-17(15)24/h11-14H,6-10H2,1-5H3,(H,25,26). The zero-order valence-electron chi connectivity index (χ0n) is 18.7. The van der Waals surface area contributed by atoms with E-state index in [-0.39, 0.29) is 5.91 Å². The number of hydrogen-bond acceptors (Lipinski definition) is 6. The Morgan fingerprint density at radius 1 is 0.839 bits per heavy atom. The molecule has 0 unspecified atom stereocenters. The van der Waals surface area contributed by atoms with Crippen molar-refractivity contribution in [1.29, 1.82) is 0 Å². The number of carbonyl (C=O) groups is 1. The van der Waals surface area contributed by atoms with Crippen LogP contribution in [-0.4, -0.2) is 46.5 Å². The Morgan fingerprint density at radius 2 is 1.39 bits per heavy atom. The highest BCUT2D eigenvalue weighted by Crippen LogP contribution is 2.39. The normalized spacial score (nSPS) is 10.4. The second kappa shape index (κ2) is 12.3. The van der Waals surface area contributed by atoms with E-state index >= 15 is 0 Å². The number of ether oxygens (including phenoxy) is 5.